The highest BCUT2D eigenvalue weighted by Crippen LogP contribution is 2.47. The molecule has 0 unspecified atom stereocenters. The molecule has 1 aliphatic rings. The highest BCUT2D eigenvalue weighted by molar-refractivity contribution is 5.98. The smallest absolute Gasteiger partial charge is 0.125 e. The predicted octanol–water partition coefficient (Wildman–Crippen LogP) is 4.99. The van der Waals surface area contributed by atoms with Crippen molar-refractivity contribution in [2.75, 3.05) is 14.2 Å². The first-order valence-corrected chi connectivity index (χ1v) is 8.34. The average Bonchev–Trinajstić information content (AvgIpc) is 3.04. The third-order valence-electron chi connectivity index (χ3n) is 5.44. The van der Waals surface area contributed by atoms with Crippen LogP contribution in [0.5, 0.6) is 11.5 Å². The molecule has 0 bridgehead atoms. The maximum absolute atomic E-state index is 5.64. The second kappa shape index (κ2) is 5.04. The van der Waals surface area contributed by atoms with E-state index in [1.165, 1.54) is 55.5 Å². The summed E-state index contributed by atoms with van der Waals surface area (Å²) in [5, 5.41) is 1.31. The van der Waals surface area contributed by atoms with Gasteiger partial charge in [-0.1, -0.05) is 0 Å². The lowest BCUT2D eigenvalue weighted by Crippen LogP contribution is -1.97. The molecule has 1 heterocycles. The van der Waals surface area contributed by atoms with Gasteiger partial charge >= 0.3 is 0 Å². The van der Waals surface area contributed by atoms with Gasteiger partial charge in [-0.05, 0) is 67.6 Å². The number of fused-ring (bicyclic) bond motifs is 5. The first-order valence-electron chi connectivity index (χ1n) is 8.34. The summed E-state index contributed by atoms with van der Waals surface area (Å²) in [5.41, 5.74) is 11.4. The predicted molar refractivity (Wildman–Crippen MR) is 98.6 cm³/mol. The number of rotatable bonds is 2. The van der Waals surface area contributed by atoms with Crippen molar-refractivity contribution in [2.45, 2.75) is 34.1 Å². The van der Waals surface area contributed by atoms with Gasteiger partial charge in [0.25, 0.3) is 0 Å². The van der Waals surface area contributed by atoms with Gasteiger partial charge in [0.2, 0.25) is 0 Å². The van der Waals surface area contributed by atoms with E-state index in [0.717, 1.165) is 17.9 Å². The van der Waals surface area contributed by atoms with Gasteiger partial charge in [0, 0.05) is 28.5 Å². The van der Waals surface area contributed by atoms with Crippen LogP contribution in [-0.2, 0) is 6.42 Å². The van der Waals surface area contributed by atoms with E-state index < -0.39 is 0 Å². The number of hydrogen-bond donors (Lipinski definition) is 1. The number of methoxy groups -OCH3 is 2. The Morgan fingerprint density at radius 1 is 0.833 bits per heavy atom. The highest BCUT2D eigenvalue weighted by atomic mass is 16.5. The second-order valence-corrected chi connectivity index (χ2v) is 6.81. The SMILES string of the molecule is COc1c(C)cc2c(c1C)Cc1c-2[nH]c2cc(C)c(OC)c(C)c12. The van der Waals surface area contributed by atoms with Gasteiger partial charge in [0.05, 0.1) is 19.9 Å². The van der Waals surface area contributed by atoms with E-state index in [0.29, 0.717) is 0 Å². The van der Waals surface area contributed by atoms with Crippen molar-refractivity contribution in [3.8, 4) is 22.8 Å². The molecule has 4 rings (SSSR count). The lowest BCUT2D eigenvalue weighted by molar-refractivity contribution is 0.408. The third-order valence-corrected chi connectivity index (χ3v) is 5.44. The van der Waals surface area contributed by atoms with Gasteiger partial charge in [-0.15, -0.1) is 0 Å². The lowest BCUT2D eigenvalue weighted by Gasteiger charge is -2.14. The van der Waals surface area contributed by atoms with Crippen molar-refractivity contribution in [1.82, 2.24) is 4.98 Å². The third kappa shape index (κ3) is 1.78. The minimum atomic E-state index is 0.945. The first kappa shape index (κ1) is 15.1. The number of nitrogens with one attached hydrogen (secondary N) is 1. The molecule has 0 spiro atoms. The number of ether oxygens (including phenoxy) is 2. The van der Waals surface area contributed by atoms with Crippen LogP contribution in [0, 0.1) is 27.7 Å². The Balaban J connectivity index is 2.04. The maximum Gasteiger partial charge on any atom is 0.125 e. The highest BCUT2D eigenvalue weighted by Gasteiger charge is 2.28. The first-order chi connectivity index (χ1) is 11.5. The fourth-order valence-corrected chi connectivity index (χ4v) is 4.45. The molecule has 0 fully saturated rings. The van der Waals surface area contributed by atoms with Crippen molar-refractivity contribution in [1.29, 1.82) is 0 Å². The van der Waals surface area contributed by atoms with Crippen LogP contribution in [0.15, 0.2) is 12.1 Å². The number of aromatic amines is 1. The van der Waals surface area contributed by atoms with Gasteiger partial charge < -0.3 is 14.5 Å². The molecule has 0 atom stereocenters. The van der Waals surface area contributed by atoms with Gasteiger partial charge in [0.1, 0.15) is 11.5 Å². The zero-order valence-corrected chi connectivity index (χ0v) is 15.2. The Hall–Kier alpha value is -2.42. The average molecular weight is 321 g/mol. The molecule has 124 valence electrons. The number of aryl methyl sites for hydroxylation is 3. The van der Waals surface area contributed by atoms with E-state index in [4.69, 9.17) is 9.47 Å². The summed E-state index contributed by atoms with van der Waals surface area (Å²) in [6.07, 6.45) is 0.945. The summed E-state index contributed by atoms with van der Waals surface area (Å²) in [6.45, 7) is 8.54. The molecule has 3 aromatic rings. The maximum atomic E-state index is 5.64. The zero-order valence-electron chi connectivity index (χ0n) is 15.2. The summed E-state index contributed by atoms with van der Waals surface area (Å²) in [5.74, 6) is 2.00. The zero-order chi connectivity index (χ0) is 17.2. The minimum absolute atomic E-state index is 0.945. The molecule has 1 aliphatic carbocycles. The molecule has 0 amide bonds. The van der Waals surface area contributed by atoms with Gasteiger partial charge in [-0.2, -0.15) is 0 Å². The molecule has 0 saturated heterocycles. The van der Waals surface area contributed by atoms with Crippen molar-refractivity contribution in [3.05, 3.63) is 45.5 Å². The van der Waals surface area contributed by atoms with Crippen molar-refractivity contribution in [2.24, 2.45) is 0 Å². The van der Waals surface area contributed by atoms with E-state index in [-0.39, 0.29) is 0 Å². The molecule has 24 heavy (non-hydrogen) atoms. The molecule has 2 aromatic carbocycles. The standard InChI is InChI=1S/C21H23NO2/c1-10-7-15-14(12(3)20(10)23-5)9-16-18-13(4)21(24-6)11(2)8-17(18)22-19(15)16/h7-8,22H,9H2,1-6H3. The number of hydrogen-bond acceptors (Lipinski definition) is 2. The van der Waals surface area contributed by atoms with Crippen LogP contribution in [0.4, 0.5) is 0 Å². The summed E-state index contributed by atoms with van der Waals surface area (Å²) in [4.78, 5) is 3.66. The van der Waals surface area contributed by atoms with E-state index in [9.17, 15) is 0 Å². The molecular weight excluding hydrogens is 298 g/mol. The fraction of sp³-hybridized carbons (Fsp3) is 0.333. The van der Waals surface area contributed by atoms with E-state index >= 15 is 0 Å². The molecule has 3 heteroatoms. The van der Waals surface area contributed by atoms with Crippen LogP contribution in [0.3, 0.4) is 0 Å². The largest absolute Gasteiger partial charge is 0.496 e. The fourth-order valence-electron chi connectivity index (χ4n) is 4.45. The Morgan fingerprint density at radius 3 is 2.12 bits per heavy atom. The summed E-state index contributed by atoms with van der Waals surface area (Å²) in [7, 11) is 3.50. The summed E-state index contributed by atoms with van der Waals surface area (Å²) < 4.78 is 11.2. The van der Waals surface area contributed by atoms with Gasteiger partial charge in [-0.25, -0.2) is 0 Å². The van der Waals surface area contributed by atoms with Crippen LogP contribution < -0.4 is 9.47 Å². The van der Waals surface area contributed by atoms with Crippen molar-refractivity contribution in [3.63, 3.8) is 0 Å². The Kier molecular flexibility index (Phi) is 3.17. The van der Waals surface area contributed by atoms with E-state index in [1.807, 2.05) is 0 Å². The Morgan fingerprint density at radius 2 is 1.46 bits per heavy atom. The molecule has 1 aromatic heterocycles. The van der Waals surface area contributed by atoms with Crippen LogP contribution in [0.2, 0.25) is 0 Å². The molecule has 3 nitrogen and oxygen atoms in total. The van der Waals surface area contributed by atoms with Crippen LogP contribution in [0.1, 0.15) is 33.4 Å². The van der Waals surface area contributed by atoms with Gasteiger partial charge in [0.15, 0.2) is 0 Å². The summed E-state index contributed by atoms with van der Waals surface area (Å²) >= 11 is 0. The quantitative estimate of drug-likeness (QED) is 0.564. The molecule has 0 saturated carbocycles. The molecule has 0 aliphatic heterocycles. The van der Waals surface area contributed by atoms with E-state index in [2.05, 4.69) is 44.8 Å². The molecule has 0 radical (unpaired) electrons. The molecule has 1 N–H and O–H groups in total. The Bertz CT molecular complexity index is 995. The second-order valence-electron chi connectivity index (χ2n) is 6.81. The number of aromatic nitrogens is 1. The summed E-state index contributed by atoms with van der Waals surface area (Å²) in [6, 6.07) is 4.45. The van der Waals surface area contributed by atoms with Crippen LogP contribution >= 0.6 is 0 Å². The molecular formula is C21H23NO2. The van der Waals surface area contributed by atoms with Crippen LogP contribution in [0.25, 0.3) is 22.2 Å². The van der Waals surface area contributed by atoms with Crippen LogP contribution in [-0.4, -0.2) is 19.2 Å². The lowest BCUT2D eigenvalue weighted by atomic mass is 9.97. The Labute approximate surface area is 142 Å². The van der Waals surface area contributed by atoms with Crippen molar-refractivity contribution < 1.29 is 9.47 Å². The normalized spacial score (nSPS) is 12.4. The topological polar surface area (TPSA) is 34.2 Å². The monoisotopic (exact) mass is 321 g/mol. The minimum Gasteiger partial charge on any atom is -0.496 e. The van der Waals surface area contributed by atoms with Gasteiger partial charge in [-0.3, -0.25) is 0 Å². The van der Waals surface area contributed by atoms with E-state index in [1.54, 1.807) is 14.2 Å². The number of H-pyrrole nitrogens is 1. The number of benzene rings is 2. The van der Waals surface area contributed by atoms with Crippen molar-refractivity contribution >= 4 is 10.9 Å².